The lowest BCUT2D eigenvalue weighted by Crippen LogP contribution is -2.31. The minimum Gasteiger partial charge on any atom is -0.352 e. The average Bonchev–Trinajstić information content (AvgIpc) is 2.97. The summed E-state index contributed by atoms with van der Waals surface area (Å²) in [6.07, 6.45) is 3.45. The van der Waals surface area contributed by atoms with E-state index in [-0.39, 0.29) is 0 Å². The largest absolute Gasteiger partial charge is 0.352 e. The molecular weight excluding hydrogens is 248 g/mol. The summed E-state index contributed by atoms with van der Waals surface area (Å²) in [6.45, 7) is 1.79. The first-order valence-corrected chi connectivity index (χ1v) is 7.24. The number of rotatable bonds is 4. The monoisotopic (exact) mass is 268 g/mol. The van der Waals surface area contributed by atoms with Crippen LogP contribution in [0.15, 0.2) is 42.5 Å². The van der Waals surface area contributed by atoms with Crippen molar-refractivity contribution in [1.82, 2.24) is 10.2 Å². The van der Waals surface area contributed by atoms with Gasteiger partial charge in [-0.25, -0.2) is 0 Å². The average molecular weight is 268 g/mol. The van der Waals surface area contributed by atoms with Gasteiger partial charge in [0.15, 0.2) is 5.82 Å². The highest BCUT2D eigenvalue weighted by atomic mass is 15.3. The Morgan fingerprint density at radius 2 is 1.95 bits per heavy atom. The van der Waals surface area contributed by atoms with Crippen molar-refractivity contribution in [1.29, 1.82) is 0 Å². The molecule has 1 aliphatic rings. The molecule has 0 bridgehead atoms. The van der Waals surface area contributed by atoms with Crippen molar-refractivity contribution in [2.24, 2.45) is 5.73 Å². The highest BCUT2D eigenvalue weighted by Crippen LogP contribution is 2.26. The van der Waals surface area contributed by atoms with Crippen LogP contribution in [0.3, 0.4) is 0 Å². The van der Waals surface area contributed by atoms with Gasteiger partial charge in [-0.05, 0) is 37.9 Å². The van der Waals surface area contributed by atoms with Gasteiger partial charge in [0.2, 0.25) is 0 Å². The fraction of sp³-hybridized carbons (Fsp3) is 0.375. The Hall–Kier alpha value is -1.94. The van der Waals surface area contributed by atoms with Gasteiger partial charge in [0.1, 0.15) is 0 Å². The van der Waals surface area contributed by atoms with Gasteiger partial charge in [0, 0.05) is 18.2 Å². The minimum atomic E-state index is 0.525. The summed E-state index contributed by atoms with van der Waals surface area (Å²) in [7, 11) is 0. The number of nitrogens with zero attached hydrogens (tertiary/aromatic N) is 3. The number of anilines is 1. The van der Waals surface area contributed by atoms with Gasteiger partial charge in [-0.15, -0.1) is 10.2 Å². The first-order chi connectivity index (χ1) is 9.88. The fourth-order valence-electron chi connectivity index (χ4n) is 2.87. The molecule has 0 saturated carbocycles. The lowest BCUT2D eigenvalue weighted by atomic mass is 10.1. The topological polar surface area (TPSA) is 55.0 Å². The summed E-state index contributed by atoms with van der Waals surface area (Å²) in [5.41, 5.74) is 7.71. The van der Waals surface area contributed by atoms with E-state index >= 15 is 0 Å². The smallest absolute Gasteiger partial charge is 0.151 e. The normalized spacial score (nSPS) is 18.4. The van der Waals surface area contributed by atoms with Gasteiger partial charge < -0.3 is 10.6 Å². The fourth-order valence-corrected chi connectivity index (χ4v) is 2.87. The van der Waals surface area contributed by atoms with E-state index < -0.39 is 0 Å². The molecule has 1 aromatic carbocycles. The van der Waals surface area contributed by atoms with Gasteiger partial charge in [-0.1, -0.05) is 30.3 Å². The van der Waals surface area contributed by atoms with Crippen LogP contribution in [0.25, 0.3) is 11.3 Å². The molecule has 20 heavy (non-hydrogen) atoms. The molecule has 1 atom stereocenters. The van der Waals surface area contributed by atoms with Crippen molar-refractivity contribution >= 4 is 5.82 Å². The lowest BCUT2D eigenvalue weighted by Gasteiger charge is -2.24. The zero-order chi connectivity index (χ0) is 13.8. The maximum Gasteiger partial charge on any atom is 0.151 e. The van der Waals surface area contributed by atoms with Crippen molar-refractivity contribution in [2.75, 3.05) is 18.0 Å². The van der Waals surface area contributed by atoms with E-state index in [0.717, 1.165) is 36.6 Å². The van der Waals surface area contributed by atoms with E-state index in [4.69, 9.17) is 5.73 Å². The summed E-state index contributed by atoms with van der Waals surface area (Å²) in [6, 6.07) is 14.8. The summed E-state index contributed by atoms with van der Waals surface area (Å²) in [5.74, 6) is 0.973. The molecule has 4 nitrogen and oxygen atoms in total. The van der Waals surface area contributed by atoms with Crippen LogP contribution >= 0.6 is 0 Å². The zero-order valence-electron chi connectivity index (χ0n) is 11.6. The Morgan fingerprint density at radius 1 is 1.10 bits per heavy atom. The standard InChI is InChI=1S/C16H20N4/c17-11-10-14-7-4-12-20(14)16-9-8-15(18-19-16)13-5-2-1-3-6-13/h1-3,5-6,8-9,14H,4,7,10-12,17H2. The van der Waals surface area contributed by atoms with Crippen LogP contribution < -0.4 is 10.6 Å². The summed E-state index contributed by atoms with van der Waals surface area (Å²) >= 11 is 0. The maximum absolute atomic E-state index is 5.69. The molecule has 0 amide bonds. The second-order valence-electron chi connectivity index (χ2n) is 5.21. The Bertz CT molecular complexity index is 538. The number of hydrogen-bond acceptors (Lipinski definition) is 4. The van der Waals surface area contributed by atoms with E-state index in [0.29, 0.717) is 6.04 Å². The second kappa shape index (κ2) is 6.01. The summed E-state index contributed by atoms with van der Waals surface area (Å²) < 4.78 is 0. The van der Waals surface area contributed by atoms with Crippen LogP contribution in [0.5, 0.6) is 0 Å². The van der Waals surface area contributed by atoms with Crippen LogP contribution in [-0.4, -0.2) is 29.3 Å². The van der Waals surface area contributed by atoms with Gasteiger partial charge in [0.25, 0.3) is 0 Å². The van der Waals surface area contributed by atoms with Crippen LogP contribution in [-0.2, 0) is 0 Å². The van der Waals surface area contributed by atoms with Gasteiger partial charge in [-0.3, -0.25) is 0 Å². The lowest BCUT2D eigenvalue weighted by molar-refractivity contribution is 0.612. The molecule has 4 heteroatoms. The van der Waals surface area contributed by atoms with Gasteiger partial charge in [-0.2, -0.15) is 0 Å². The predicted octanol–water partition coefficient (Wildman–Crippen LogP) is 2.46. The summed E-state index contributed by atoms with van der Waals surface area (Å²) in [4.78, 5) is 2.34. The zero-order valence-corrected chi connectivity index (χ0v) is 11.6. The molecule has 0 radical (unpaired) electrons. The van der Waals surface area contributed by atoms with Gasteiger partial charge in [0.05, 0.1) is 5.69 Å². The Labute approximate surface area is 119 Å². The minimum absolute atomic E-state index is 0.525. The van der Waals surface area contributed by atoms with Crippen LogP contribution in [0.4, 0.5) is 5.82 Å². The Morgan fingerprint density at radius 3 is 2.65 bits per heavy atom. The summed E-state index contributed by atoms with van der Waals surface area (Å²) in [5, 5.41) is 8.77. The molecule has 0 spiro atoms. The first kappa shape index (κ1) is 13.1. The van der Waals surface area contributed by atoms with Crippen molar-refractivity contribution in [2.45, 2.75) is 25.3 Å². The Kier molecular flexibility index (Phi) is 3.92. The molecule has 1 aromatic heterocycles. The SMILES string of the molecule is NCCC1CCCN1c1ccc(-c2ccccc2)nn1. The molecule has 2 heterocycles. The highest BCUT2D eigenvalue weighted by molar-refractivity contribution is 5.59. The number of benzene rings is 1. The molecule has 1 unspecified atom stereocenters. The molecule has 2 N–H and O–H groups in total. The Balaban J connectivity index is 1.79. The van der Waals surface area contributed by atoms with Crippen LogP contribution in [0, 0.1) is 0 Å². The highest BCUT2D eigenvalue weighted by Gasteiger charge is 2.25. The molecule has 1 fully saturated rings. The third-order valence-electron chi connectivity index (χ3n) is 3.89. The quantitative estimate of drug-likeness (QED) is 0.925. The number of hydrogen-bond donors (Lipinski definition) is 1. The maximum atomic E-state index is 5.69. The first-order valence-electron chi connectivity index (χ1n) is 7.24. The van der Waals surface area contributed by atoms with E-state index in [1.54, 1.807) is 0 Å². The molecule has 0 aliphatic carbocycles. The molecule has 1 saturated heterocycles. The van der Waals surface area contributed by atoms with Gasteiger partial charge >= 0.3 is 0 Å². The third-order valence-corrected chi connectivity index (χ3v) is 3.89. The van der Waals surface area contributed by atoms with Crippen molar-refractivity contribution in [3.8, 4) is 11.3 Å². The van der Waals surface area contributed by atoms with Crippen LogP contribution in [0.1, 0.15) is 19.3 Å². The number of nitrogens with two attached hydrogens (primary N) is 1. The van der Waals surface area contributed by atoms with E-state index in [9.17, 15) is 0 Å². The van der Waals surface area contributed by atoms with Crippen molar-refractivity contribution < 1.29 is 0 Å². The van der Waals surface area contributed by atoms with E-state index in [1.165, 1.54) is 12.8 Å². The van der Waals surface area contributed by atoms with E-state index in [1.807, 2.05) is 18.2 Å². The van der Waals surface area contributed by atoms with Crippen LogP contribution in [0.2, 0.25) is 0 Å². The molecule has 3 rings (SSSR count). The number of aromatic nitrogens is 2. The van der Waals surface area contributed by atoms with E-state index in [2.05, 4.69) is 39.4 Å². The molecule has 2 aromatic rings. The molecule has 1 aliphatic heterocycles. The molecular formula is C16H20N4. The molecule has 104 valence electrons. The predicted molar refractivity (Wildman–Crippen MR) is 81.5 cm³/mol. The van der Waals surface area contributed by atoms with Crippen molar-refractivity contribution in [3.05, 3.63) is 42.5 Å². The van der Waals surface area contributed by atoms with Crippen molar-refractivity contribution in [3.63, 3.8) is 0 Å². The second-order valence-corrected chi connectivity index (χ2v) is 5.21. The third kappa shape index (κ3) is 2.65.